The fourth-order valence-corrected chi connectivity index (χ4v) is 4.56. The number of oxazole rings is 1. The number of fused-ring (bicyclic) bond motifs is 3. The Kier molecular flexibility index (Phi) is 4.58. The van der Waals surface area contributed by atoms with E-state index in [4.69, 9.17) is 9.15 Å². The number of ether oxygens (including phenoxy) is 1. The van der Waals surface area contributed by atoms with Crippen LogP contribution in [-0.4, -0.2) is 28.1 Å². The summed E-state index contributed by atoms with van der Waals surface area (Å²) in [5.41, 5.74) is 5.16. The summed E-state index contributed by atoms with van der Waals surface area (Å²) < 4.78 is 11.2. The fourth-order valence-electron chi connectivity index (χ4n) is 4.56. The van der Waals surface area contributed by atoms with Crippen LogP contribution in [0.15, 0.2) is 59.0 Å². The van der Waals surface area contributed by atoms with Crippen LogP contribution in [0.5, 0.6) is 0 Å². The smallest absolute Gasteiger partial charge is 0.410 e. The standard InChI is InChI=1S/C24H24N2O3/c1-16-25-22-14-18(10-11-23(22)29-16)19-12-20-8-5-9-21(13-19)26(20)24(27)28-15-17-6-3-2-4-7-17/h2-4,6-7,10-12,14,20-21H,5,8-9,13,15H2,1H3. The van der Waals surface area contributed by atoms with Crippen molar-refractivity contribution in [3.8, 4) is 0 Å². The summed E-state index contributed by atoms with van der Waals surface area (Å²) in [5.74, 6) is 0.680. The van der Waals surface area contributed by atoms with Crippen LogP contribution < -0.4 is 0 Å². The molecular formula is C24H24N2O3. The predicted molar refractivity (Wildman–Crippen MR) is 111 cm³/mol. The maximum absolute atomic E-state index is 12.9. The highest BCUT2D eigenvalue weighted by Gasteiger charge is 2.38. The van der Waals surface area contributed by atoms with Crippen LogP contribution in [0.2, 0.25) is 0 Å². The molecule has 2 bridgehead atoms. The van der Waals surface area contributed by atoms with Crippen molar-refractivity contribution in [1.82, 2.24) is 9.88 Å². The lowest BCUT2D eigenvalue weighted by Crippen LogP contribution is -2.51. The minimum atomic E-state index is -0.207. The van der Waals surface area contributed by atoms with Crippen molar-refractivity contribution < 1.29 is 13.9 Å². The van der Waals surface area contributed by atoms with Gasteiger partial charge < -0.3 is 9.15 Å². The Labute approximate surface area is 170 Å². The van der Waals surface area contributed by atoms with Gasteiger partial charge in [-0.05, 0) is 54.5 Å². The Bertz CT molecular complexity index is 1070. The zero-order chi connectivity index (χ0) is 19.8. The molecule has 1 saturated heterocycles. The fraction of sp³-hybridized carbons (Fsp3) is 0.333. The number of rotatable bonds is 3. The van der Waals surface area contributed by atoms with Gasteiger partial charge in [0.15, 0.2) is 11.5 Å². The molecule has 1 amide bonds. The molecule has 3 heterocycles. The second-order valence-electron chi connectivity index (χ2n) is 7.91. The van der Waals surface area contributed by atoms with Gasteiger partial charge in [0, 0.05) is 13.0 Å². The topological polar surface area (TPSA) is 55.6 Å². The first-order chi connectivity index (χ1) is 14.2. The number of amides is 1. The van der Waals surface area contributed by atoms with Crippen LogP contribution in [0, 0.1) is 6.92 Å². The van der Waals surface area contributed by atoms with Gasteiger partial charge in [0.2, 0.25) is 0 Å². The highest BCUT2D eigenvalue weighted by Crippen LogP contribution is 2.38. The molecule has 0 N–H and O–H groups in total. The quantitative estimate of drug-likeness (QED) is 0.596. The van der Waals surface area contributed by atoms with Gasteiger partial charge in [-0.25, -0.2) is 9.78 Å². The highest BCUT2D eigenvalue weighted by atomic mass is 16.6. The minimum Gasteiger partial charge on any atom is -0.445 e. The molecule has 2 atom stereocenters. The van der Waals surface area contributed by atoms with Gasteiger partial charge in [0.05, 0.1) is 6.04 Å². The van der Waals surface area contributed by atoms with E-state index < -0.39 is 0 Å². The van der Waals surface area contributed by atoms with Crippen molar-refractivity contribution in [3.63, 3.8) is 0 Å². The molecule has 2 aliphatic rings. The zero-order valence-electron chi connectivity index (χ0n) is 16.5. The first-order valence-electron chi connectivity index (χ1n) is 10.2. The van der Waals surface area contributed by atoms with Gasteiger partial charge in [0.1, 0.15) is 12.1 Å². The molecule has 0 spiro atoms. The Morgan fingerprint density at radius 3 is 2.90 bits per heavy atom. The second-order valence-corrected chi connectivity index (χ2v) is 7.91. The predicted octanol–water partition coefficient (Wildman–Crippen LogP) is 5.48. The van der Waals surface area contributed by atoms with Gasteiger partial charge in [-0.15, -0.1) is 0 Å². The van der Waals surface area contributed by atoms with E-state index in [0.29, 0.717) is 12.5 Å². The molecule has 2 aliphatic heterocycles. The SMILES string of the molecule is Cc1nc2cc(C3=CC4CCCC(C3)N4C(=O)OCc3ccccc3)ccc2o1. The minimum absolute atomic E-state index is 0.0931. The first kappa shape index (κ1) is 18.0. The van der Waals surface area contributed by atoms with Crippen molar-refractivity contribution in [2.75, 3.05) is 0 Å². The van der Waals surface area contributed by atoms with E-state index in [1.807, 2.05) is 48.2 Å². The number of aryl methyl sites for hydroxylation is 1. The summed E-state index contributed by atoms with van der Waals surface area (Å²) in [7, 11) is 0. The Hall–Kier alpha value is -3.08. The Morgan fingerprint density at radius 1 is 1.21 bits per heavy atom. The van der Waals surface area contributed by atoms with Crippen LogP contribution in [0.1, 0.15) is 42.7 Å². The number of aromatic nitrogens is 1. The van der Waals surface area contributed by atoms with E-state index in [2.05, 4.69) is 23.2 Å². The average molecular weight is 388 g/mol. The summed E-state index contributed by atoms with van der Waals surface area (Å²) in [6.45, 7) is 2.18. The normalized spacial score (nSPS) is 21.1. The van der Waals surface area contributed by atoms with E-state index in [1.54, 1.807) is 0 Å². The number of benzene rings is 2. The maximum Gasteiger partial charge on any atom is 0.410 e. The van der Waals surface area contributed by atoms with Crippen LogP contribution in [0.25, 0.3) is 16.7 Å². The number of nitrogens with zero attached hydrogens (tertiary/aromatic N) is 2. The number of carbonyl (C=O) groups excluding carboxylic acids is 1. The number of hydrogen-bond donors (Lipinski definition) is 0. The first-order valence-corrected chi connectivity index (χ1v) is 10.2. The molecule has 3 aromatic rings. The lowest BCUT2D eigenvalue weighted by Gasteiger charge is -2.44. The molecule has 148 valence electrons. The lowest BCUT2D eigenvalue weighted by molar-refractivity contribution is 0.0510. The van der Waals surface area contributed by atoms with Gasteiger partial charge in [0.25, 0.3) is 0 Å². The van der Waals surface area contributed by atoms with Gasteiger partial charge in [-0.3, -0.25) is 4.90 Å². The Morgan fingerprint density at radius 2 is 2.07 bits per heavy atom. The third-order valence-corrected chi connectivity index (χ3v) is 5.92. The van der Waals surface area contributed by atoms with Crippen LogP contribution in [0.4, 0.5) is 4.79 Å². The molecule has 29 heavy (non-hydrogen) atoms. The molecule has 1 fully saturated rings. The summed E-state index contributed by atoms with van der Waals surface area (Å²) in [4.78, 5) is 19.3. The number of carbonyl (C=O) groups is 1. The zero-order valence-corrected chi connectivity index (χ0v) is 16.5. The molecule has 2 unspecified atom stereocenters. The van der Waals surface area contributed by atoms with E-state index in [0.717, 1.165) is 42.3 Å². The molecule has 2 aromatic carbocycles. The van der Waals surface area contributed by atoms with E-state index in [-0.39, 0.29) is 18.2 Å². The lowest BCUT2D eigenvalue weighted by atomic mass is 9.83. The Balaban J connectivity index is 1.36. The number of piperidine rings is 1. The molecule has 5 rings (SSSR count). The van der Waals surface area contributed by atoms with Crippen LogP contribution >= 0.6 is 0 Å². The summed E-state index contributed by atoms with van der Waals surface area (Å²) in [5, 5.41) is 0. The van der Waals surface area contributed by atoms with E-state index >= 15 is 0 Å². The van der Waals surface area contributed by atoms with Crippen molar-refractivity contribution in [2.45, 2.75) is 51.3 Å². The molecule has 5 nitrogen and oxygen atoms in total. The summed E-state index contributed by atoms with van der Waals surface area (Å²) in [6.07, 6.45) is 6.02. The molecule has 0 saturated carbocycles. The summed E-state index contributed by atoms with van der Waals surface area (Å²) in [6, 6.07) is 16.3. The molecule has 0 radical (unpaired) electrons. The third kappa shape index (κ3) is 3.53. The van der Waals surface area contributed by atoms with Gasteiger partial charge >= 0.3 is 6.09 Å². The van der Waals surface area contributed by atoms with Crippen LogP contribution in [-0.2, 0) is 11.3 Å². The van der Waals surface area contributed by atoms with E-state index in [1.165, 1.54) is 11.1 Å². The molecule has 5 heteroatoms. The number of hydrogen-bond acceptors (Lipinski definition) is 4. The van der Waals surface area contributed by atoms with E-state index in [9.17, 15) is 4.79 Å². The highest BCUT2D eigenvalue weighted by molar-refractivity contribution is 5.81. The van der Waals surface area contributed by atoms with Crippen molar-refractivity contribution in [2.24, 2.45) is 0 Å². The van der Waals surface area contributed by atoms with Crippen LogP contribution in [0.3, 0.4) is 0 Å². The van der Waals surface area contributed by atoms with Crippen molar-refractivity contribution >= 4 is 22.8 Å². The van der Waals surface area contributed by atoms with Crippen molar-refractivity contribution in [1.29, 1.82) is 0 Å². The monoisotopic (exact) mass is 388 g/mol. The van der Waals surface area contributed by atoms with Crippen molar-refractivity contribution in [3.05, 3.63) is 71.6 Å². The molecule has 0 aliphatic carbocycles. The van der Waals surface area contributed by atoms with Gasteiger partial charge in [-0.1, -0.05) is 42.5 Å². The maximum atomic E-state index is 12.9. The second kappa shape index (κ2) is 7.39. The molecular weight excluding hydrogens is 364 g/mol. The average Bonchev–Trinajstić information content (AvgIpc) is 3.11. The largest absolute Gasteiger partial charge is 0.445 e. The summed E-state index contributed by atoms with van der Waals surface area (Å²) >= 11 is 0. The molecule has 1 aromatic heterocycles. The van der Waals surface area contributed by atoms with Gasteiger partial charge in [-0.2, -0.15) is 0 Å². The third-order valence-electron chi connectivity index (χ3n) is 5.92.